The van der Waals surface area contributed by atoms with Crippen molar-refractivity contribution in [2.45, 2.75) is 38.0 Å². The molecule has 1 fully saturated rings. The van der Waals surface area contributed by atoms with Crippen LogP contribution >= 0.6 is 0 Å². The summed E-state index contributed by atoms with van der Waals surface area (Å²) in [7, 11) is 0. The molecule has 3 nitrogen and oxygen atoms in total. The summed E-state index contributed by atoms with van der Waals surface area (Å²) >= 11 is 0. The number of fused-ring (bicyclic) bond motifs is 1. The molecule has 0 amide bonds. The van der Waals surface area contributed by atoms with E-state index in [0.717, 1.165) is 5.56 Å². The fourth-order valence-corrected chi connectivity index (χ4v) is 3.85. The molecule has 1 aliphatic carbocycles. The van der Waals surface area contributed by atoms with Crippen LogP contribution in [0.3, 0.4) is 0 Å². The number of benzene rings is 2. The van der Waals surface area contributed by atoms with Crippen LogP contribution in [0.4, 0.5) is 0 Å². The largest absolute Gasteiger partial charge is 0.545 e. The number of carboxylic acids is 1. The molecule has 1 aromatic heterocycles. The van der Waals surface area contributed by atoms with Crippen molar-refractivity contribution in [2.75, 3.05) is 0 Å². The Bertz CT molecular complexity index is 909. The van der Waals surface area contributed by atoms with Gasteiger partial charge in [-0.15, -0.1) is 0 Å². The standard InChI is InChI=1S/C22H21NO2/c24-22(25)19-14-21(23-20-9-5-4-8-18(19)20)17-12-10-16(11-13-17)15-6-2-1-3-7-15/h4-5,8-15H,1-3,6-7H2,(H,24,25)/p-1. The molecule has 25 heavy (non-hydrogen) atoms. The van der Waals surface area contributed by atoms with Crippen molar-refractivity contribution in [1.29, 1.82) is 0 Å². The molecule has 1 heterocycles. The van der Waals surface area contributed by atoms with Crippen LogP contribution in [-0.2, 0) is 0 Å². The lowest BCUT2D eigenvalue weighted by Crippen LogP contribution is -2.22. The van der Waals surface area contributed by atoms with Gasteiger partial charge in [0.05, 0.1) is 17.2 Å². The lowest BCUT2D eigenvalue weighted by molar-refractivity contribution is -0.254. The first-order valence-corrected chi connectivity index (χ1v) is 8.94. The van der Waals surface area contributed by atoms with Gasteiger partial charge in [0, 0.05) is 16.5 Å². The summed E-state index contributed by atoms with van der Waals surface area (Å²) in [6.45, 7) is 0. The van der Waals surface area contributed by atoms with Gasteiger partial charge < -0.3 is 9.90 Å². The Morgan fingerprint density at radius 3 is 2.40 bits per heavy atom. The van der Waals surface area contributed by atoms with Gasteiger partial charge in [0.1, 0.15) is 0 Å². The molecule has 0 radical (unpaired) electrons. The number of nitrogens with zero attached hydrogens (tertiary/aromatic N) is 1. The first kappa shape index (κ1) is 15.8. The highest BCUT2D eigenvalue weighted by molar-refractivity contribution is 6.02. The Balaban J connectivity index is 1.72. The zero-order valence-corrected chi connectivity index (χ0v) is 14.1. The third-order valence-corrected chi connectivity index (χ3v) is 5.22. The average Bonchev–Trinajstić information content (AvgIpc) is 2.68. The summed E-state index contributed by atoms with van der Waals surface area (Å²) in [6.07, 6.45) is 6.51. The van der Waals surface area contributed by atoms with Crippen molar-refractivity contribution in [1.82, 2.24) is 4.98 Å². The number of carbonyl (C=O) groups is 1. The number of aromatic carboxylic acids is 1. The van der Waals surface area contributed by atoms with Gasteiger partial charge in [-0.2, -0.15) is 0 Å². The lowest BCUT2D eigenvalue weighted by atomic mass is 9.84. The zero-order valence-electron chi connectivity index (χ0n) is 14.1. The normalized spacial score (nSPS) is 15.4. The van der Waals surface area contributed by atoms with E-state index in [1.807, 2.05) is 18.2 Å². The molecule has 0 N–H and O–H groups in total. The molecule has 4 rings (SSSR count). The third-order valence-electron chi connectivity index (χ3n) is 5.22. The van der Waals surface area contributed by atoms with Gasteiger partial charge in [-0.3, -0.25) is 0 Å². The van der Waals surface area contributed by atoms with Crippen LogP contribution in [0, 0.1) is 0 Å². The van der Waals surface area contributed by atoms with E-state index in [0.29, 0.717) is 22.5 Å². The maximum Gasteiger partial charge on any atom is 0.0722 e. The summed E-state index contributed by atoms with van der Waals surface area (Å²) in [4.78, 5) is 16.2. The predicted octanol–water partition coefficient (Wildman–Crippen LogP) is 4.31. The highest BCUT2D eigenvalue weighted by Crippen LogP contribution is 2.33. The summed E-state index contributed by atoms with van der Waals surface area (Å²) in [6, 6.07) is 17.3. The van der Waals surface area contributed by atoms with E-state index < -0.39 is 5.97 Å². The number of hydrogen-bond donors (Lipinski definition) is 0. The number of pyridine rings is 1. The quantitative estimate of drug-likeness (QED) is 0.719. The molecule has 0 unspecified atom stereocenters. The van der Waals surface area contributed by atoms with Gasteiger partial charge in [-0.25, -0.2) is 4.98 Å². The molecule has 1 saturated carbocycles. The molecular weight excluding hydrogens is 310 g/mol. The minimum Gasteiger partial charge on any atom is -0.545 e. The molecule has 0 bridgehead atoms. The second-order valence-electron chi connectivity index (χ2n) is 6.82. The van der Waals surface area contributed by atoms with Gasteiger partial charge in [0.25, 0.3) is 0 Å². The minimum atomic E-state index is -1.17. The maximum atomic E-state index is 11.5. The molecule has 0 aliphatic heterocycles. The number of carbonyl (C=O) groups excluding carboxylic acids is 1. The lowest BCUT2D eigenvalue weighted by Gasteiger charge is -2.22. The Labute approximate surface area is 147 Å². The van der Waals surface area contributed by atoms with Crippen LogP contribution in [0.5, 0.6) is 0 Å². The molecule has 0 atom stereocenters. The van der Waals surface area contributed by atoms with Crippen LogP contribution in [0.2, 0.25) is 0 Å². The highest BCUT2D eigenvalue weighted by Gasteiger charge is 2.15. The van der Waals surface area contributed by atoms with E-state index in [4.69, 9.17) is 0 Å². The van der Waals surface area contributed by atoms with Crippen molar-refractivity contribution in [3.8, 4) is 11.3 Å². The van der Waals surface area contributed by atoms with E-state index in [2.05, 4.69) is 29.2 Å². The molecule has 2 aromatic carbocycles. The predicted molar refractivity (Wildman–Crippen MR) is 97.3 cm³/mol. The van der Waals surface area contributed by atoms with Crippen molar-refractivity contribution in [3.05, 3.63) is 65.7 Å². The summed E-state index contributed by atoms with van der Waals surface area (Å²) in [5, 5.41) is 12.1. The molecule has 1 aliphatic rings. The first-order chi connectivity index (χ1) is 12.2. The van der Waals surface area contributed by atoms with Gasteiger partial charge >= 0.3 is 0 Å². The highest BCUT2D eigenvalue weighted by atomic mass is 16.4. The maximum absolute atomic E-state index is 11.5. The first-order valence-electron chi connectivity index (χ1n) is 8.94. The smallest absolute Gasteiger partial charge is 0.0722 e. The van der Waals surface area contributed by atoms with Crippen molar-refractivity contribution in [2.24, 2.45) is 0 Å². The van der Waals surface area contributed by atoms with Gasteiger partial charge in [0.2, 0.25) is 0 Å². The van der Waals surface area contributed by atoms with E-state index in [9.17, 15) is 9.90 Å². The zero-order chi connectivity index (χ0) is 17.2. The number of carboxylic acid groups (broad SMARTS) is 1. The number of aromatic nitrogens is 1. The third kappa shape index (κ3) is 3.14. The van der Waals surface area contributed by atoms with E-state index in [1.165, 1.54) is 37.7 Å². The number of para-hydroxylation sites is 1. The van der Waals surface area contributed by atoms with Crippen LogP contribution in [0.15, 0.2) is 54.6 Å². The average molecular weight is 330 g/mol. The van der Waals surface area contributed by atoms with Crippen LogP contribution in [-0.4, -0.2) is 11.0 Å². The summed E-state index contributed by atoms with van der Waals surface area (Å²) < 4.78 is 0. The van der Waals surface area contributed by atoms with Crippen molar-refractivity contribution >= 4 is 16.9 Å². The summed E-state index contributed by atoms with van der Waals surface area (Å²) in [5.41, 5.74) is 3.86. The molecule has 0 spiro atoms. The fraction of sp³-hybridized carbons (Fsp3) is 0.273. The second kappa shape index (κ2) is 6.67. The number of hydrogen-bond acceptors (Lipinski definition) is 3. The van der Waals surface area contributed by atoms with Crippen LogP contribution in [0.25, 0.3) is 22.2 Å². The van der Waals surface area contributed by atoms with Crippen molar-refractivity contribution < 1.29 is 9.90 Å². The SMILES string of the molecule is O=C([O-])c1cc(-c2ccc(C3CCCCC3)cc2)nc2ccccc12. The molecule has 126 valence electrons. The summed E-state index contributed by atoms with van der Waals surface area (Å²) in [5.74, 6) is -0.509. The topological polar surface area (TPSA) is 53.0 Å². The van der Waals surface area contributed by atoms with E-state index in [-0.39, 0.29) is 5.56 Å². The van der Waals surface area contributed by atoms with E-state index >= 15 is 0 Å². The Morgan fingerprint density at radius 1 is 0.960 bits per heavy atom. The van der Waals surface area contributed by atoms with Gasteiger partial charge in [-0.1, -0.05) is 61.7 Å². The molecule has 3 heteroatoms. The van der Waals surface area contributed by atoms with Crippen LogP contribution < -0.4 is 5.11 Å². The van der Waals surface area contributed by atoms with Crippen molar-refractivity contribution in [3.63, 3.8) is 0 Å². The molecule has 3 aromatic rings. The van der Waals surface area contributed by atoms with Gasteiger partial charge in [0.15, 0.2) is 0 Å². The minimum absolute atomic E-state index is 0.192. The van der Waals surface area contributed by atoms with Gasteiger partial charge in [-0.05, 0) is 36.5 Å². The fourth-order valence-electron chi connectivity index (χ4n) is 3.85. The molecule has 0 saturated heterocycles. The number of rotatable bonds is 3. The van der Waals surface area contributed by atoms with E-state index in [1.54, 1.807) is 12.1 Å². The second-order valence-corrected chi connectivity index (χ2v) is 6.82. The Kier molecular flexibility index (Phi) is 4.22. The Morgan fingerprint density at radius 2 is 1.68 bits per heavy atom. The molecular formula is C22H20NO2-. The Hall–Kier alpha value is -2.68. The monoisotopic (exact) mass is 330 g/mol. The van der Waals surface area contributed by atoms with Crippen LogP contribution in [0.1, 0.15) is 53.9 Å².